The fourth-order valence-electron chi connectivity index (χ4n) is 2.07. The van der Waals surface area contributed by atoms with E-state index in [-0.39, 0.29) is 5.75 Å². The van der Waals surface area contributed by atoms with E-state index in [4.69, 9.17) is 10.5 Å². The Morgan fingerprint density at radius 2 is 1.90 bits per heavy atom. The van der Waals surface area contributed by atoms with Crippen LogP contribution in [0.15, 0.2) is 54.6 Å². The van der Waals surface area contributed by atoms with E-state index in [2.05, 4.69) is 10.2 Å². The molecule has 5 heteroatoms. The van der Waals surface area contributed by atoms with Crippen molar-refractivity contribution in [2.75, 3.05) is 5.73 Å². The molecule has 0 amide bonds. The number of hydrogen-bond acceptors (Lipinski definition) is 4. The highest BCUT2D eigenvalue weighted by molar-refractivity contribution is 5.71. The number of aromatic hydroxyl groups is 1. The number of aromatic nitrogens is 2. The van der Waals surface area contributed by atoms with Crippen molar-refractivity contribution in [3.63, 3.8) is 0 Å². The predicted octanol–water partition coefficient (Wildman–Crippen LogP) is 2.94. The number of aromatic amines is 1. The second kappa shape index (κ2) is 5.58. The molecule has 0 radical (unpaired) electrons. The molecule has 0 bridgehead atoms. The van der Waals surface area contributed by atoms with E-state index < -0.39 is 0 Å². The molecule has 0 aliphatic rings. The van der Waals surface area contributed by atoms with Crippen LogP contribution in [0.5, 0.6) is 11.5 Å². The van der Waals surface area contributed by atoms with Crippen LogP contribution >= 0.6 is 0 Å². The third-order valence-electron chi connectivity index (χ3n) is 3.12. The molecule has 0 unspecified atom stereocenters. The van der Waals surface area contributed by atoms with Crippen LogP contribution in [0.1, 0.15) is 5.56 Å². The monoisotopic (exact) mass is 281 g/mol. The van der Waals surface area contributed by atoms with Gasteiger partial charge in [0, 0.05) is 11.6 Å². The lowest BCUT2D eigenvalue weighted by molar-refractivity contribution is 0.289. The number of nitrogen functional groups attached to an aromatic ring is 1. The van der Waals surface area contributed by atoms with E-state index in [1.54, 1.807) is 18.2 Å². The minimum Gasteiger partial charge on any atom is -0.504 e. The Labute approximate surface area is 122 Å². The summed E-state index contributed by atoms with van der Waals surface area (Å²) in [6.07, 6.45) is 0. The van der Waals surface area contributed by atoms with Gasteiger partial charge in [-0.15, -0.1) is 0 Å². The summed E-state index contributed by atoms with van der Waals surface area (Å²) in [6.45, 7) is 0.392. The molecule has 3 aromatic rings. The summed E-state index contributed by atoms with van der Waals surface area (Å²) in [5.74, 6) is 0.863. The average molecular weight is 281 g/mol. The number of para-hydroxylation sites is 1. The smallest absolute Gasteiger partial charge is 0.167 e. The summed E-state index contributed by atoms with van der Waals surface area (Å²) < 4.78 is 5.68. The van der Waals surface area contributed by atoms with Crippen LogP contribution in [-0.4, -0.2) is 15.3 Å². The Kier molecular flexibility index (Phi) is 3.47. The molecule has 0 atom stereocenters. The van der Waals surface area contributed by atoms with Gasteiger partial charge in [0.1, 0.15) is 12.4 Å². The van der Waals surface area contributed by atoms with Gasteiger partial charge in [-0.05, 0) is 17.7 Å². The van der Waals surface area contributed by atoms with Crippen LogP contribution in [0.25, 0.3) is 11.3 Å². The SMILES string of the molecule is Nc1cc(-c2cccc(OCc3ccccc3)c2O)[nH]n1. The largest absolute Gasteiger partial charge is 0.504 e. The van der Waals surface area contributed by atoms with Gasteiger partial charge in [0.05, 0.1) is 5.69 Å². The number of nitrogens with one attached hydrogen (secondary N) is 1. The molecule has 0 aliphatic heterocycles. The average Bonchev–Trinajstić information content (AvgIpc) is 2.94. The molecule has 1 aromatic heterocycles. The maximum absolute atomic E-state index is 10.3. The normalized spacial score (nSPS) is 10.5. The minimum absolute atomic E-state index is 0.0667. The zero-order valence-corrected chi connectivity index (χ0v) is 11.3. The fraction of sp³-hybridized carbons (Fsp3) is 0.0625. The highest BCUT2D eigenvalue weighted by Crippen LogP contribution is 2.36. The number of anilines is 1. The van der Waals surface area contributed by atoms with Crippen LogP contribution in [0, 0.1) is 0 Å². The lowest BCUT2D eigenvalue weighted by Crippen LogP contribution is -1.95. The van der Waals surface area contributed by atoms with E-state index in [1.807, 2.05) is 36.4 Å². The summed E-state index contributed by atoms with van der Waals surface area (Å²) >= 11 is 0. The number of ether oxygens (including phenoxy) is 1. The topological polar surface area (TPSA) is 84.2 Å². The first-order valence-corrected chi connectivity index (χ1v) is 6.54. The summed E-state index contributed by atoms with van der Waals surface area (Å²) in [5, 5.41) is 16.9. The van der Waals surface area contributed by atoms with Crippen molar-refractivity contribution in [3.8, 4) is 22.8 Å². The summed E-state index contributed by atoms with van der Waals surface area (Å²) in [7, 11) is 0. The van der Waals surface area contributed by atoms with Gasteiger partial charge in [0.2, 0.25) is 0 Å². The first-order chi connectivity index (χ1) is 10.2. The van der Waals surface area contributed by atoms with Crippen molar-refractivity contribution in [3.05, 3.63) is 60.2 Å². The zero-order valence-electron chi connectivity index (χ0n) is 11.3. The molecule has 21 heavy (non-hydrogen) atoms. The molecule has 0 saturated heterocycles. The lowest BCUT2D eigenvalue weighted by atomic mass is 10.1. The number of phenols is 1. The first-order valence-electron chi connectivity index (χ1n) is 6.54. The van der Waals surface area contributed by atoms with Gasteiger partial charge in [-0.1, -0.05) is 36.4 Å². The summed E-state index contributed by atoms with van der Waals surface area (Å²) in [5.41, 5.74) is 7.87. The Balaban J connectivity index is 1.83. The van der Waals surface area contributed by atoms with E-state index in [9.17, 15) is 5.11 Å². The van der Waals surface area contributed by atoms with E-state index in [0.717, 1.165) is 5.56 Å². The molecule has 4 N–H and O–H groups in total. The minimum atomic E-state index is 0.0667. The second-order valence-electron chi connectivity index (χ2n) is 4.63. The Morgan fingerprint density at radius 1 is 1.10 bits per heavy atom. The number of hydrogen-bond donors (Lipinski definition) is 3. The molecule has 2 aromatic carbocycles. The van der Waals surface area contributed by atoms with Crippen LogP contribution in [0.3, 0.4) is 0 Å². The van der Waals surface area contributed by atoms with Crippen molar-refractivity contribution < 1.29 is 9.84 Å². The Morgan fingerprint density at radius 3 is 2.62 bits per heavy atom. The summed E-state index contributed by atoms with van der Waals surface area (Å²) in [6, 6.07) is 16.8. The summed E-state index contributed by atoms with van der Waals surface area (Å²) in [4.78, 5) is 0. The van der Waals surface area contributed by atoms with Crippen LogP contribution in [0.2, 0.25) is 0 Å². The van der Waals surface area contributed by atoms with Gasteiger partial charge in [0.15, 0.2) is 11.5 Å². The molecule has 0 aliphatic carbocycles. The number of nitrogens with two attached hydrogens (primary N) is 1. The molecule has 106 valence electrons. The Hall–Kier alpha value is -2.95. The van der Waals surface area contributed by atoms with Gasteiger partial charge < -0.3 is 15.6 Å². The molecule has 0 spiro atoms. The second-order valence-corrected chi connectivity index (χ2v) is 4.63. The van der Waals surface area contributed by atoms with Gasteiger partial charge in [-0.25, -0.2) is 0 Å². The van der Waals surface area contributed by atoms with E-state index >= 15 is 0 Å². The van der Waals surface area contributed by atoms with Crippen LogP contribution in [0.4, 0.5) is 5.82 Å². The standard InChI is InChI=1S/C16H15N3O2/c17-15-9-13(18-19-15)12-7-4-8-14(16(12)20)21-10-11-5-2-1-3-6-11/h1-9,20H,10H2,(H3,17,18,19). The predicted molar refractivity (Wildman–Crippen MR) is 80.9 cm³/mol. The fourth-order valence-corrected chi connectivity index (χ4v) is 2.07. The molecular weight excluding hydrogens is 266 g/mol. The third-order valence-corrected chi connectivity index (χ3v) is 3.12. The maximum Gasteiger partial charge on any atom is 0.167 e. The van der Waals surface area contributed by atoms with Gasteiger partial charge in [0.25, 0.3) is 0 Å². The third kappa shape index (κ3) is 2.81. The van der Waals surface area contributed by atoms with E-state index in [0.29, 0.717) is 29.4 Å². The molecule has 0 saturated carbocycles. The molecule has 3 rings (SSSR count). The highest BCUT2D eigenvalue weighted by atomic mass is 16.5. The number of H-pyrrole nitrogens is 1. The quantitative estimate of drug-likeness (QED) is 0.686. The van der Waals surface area contributed by atoms with E-state index in [1.165, 1.54) is 0 Å². The van der Waals surface area contributed by atoms with Gasteiger partial charge >= 0.3 is 0 Å². The molecular formula is C16H15N3O2. The van der Waals surface area contributed by atoms with Gasteiger partial charge in [-0.2, -0.15) is 5.10 Å². The van der Waals surface area contributed by atoms with Crippen molar-refractivity contribution in [1.82, 2.24) is 10.2 Å². The lowest BCUT2D eigenvalue weighted by Gasteiger charge is -2.10. The number of rotatable bonds is 4. The maximum atomic E-state index is 10.3. The zero-order chi connectivity index (χ0) is 14.7. The number of nitrogens with zero attached hydrogens (tertiary/aromatic N) is 1. The Bertz CT molecular complexity index is 738. The first kappa shape index (κ1) is 13.1. The number of benzene rings is 2. The molecule has 0 fully saturated rings. The van der Waals surface area contributed by atoms with Crippen molar-refractivity contribution in [2.45, 2.75) is 6.61 Å². The number of phenolic OH excluding ortho intramolecular Hbond substituents is 1. The molecule has 5 nitrogen and oxygen atoms in total. The highest BCUT2D eigenvalue weighted by Gasteiger charge is 2.12. The van der Waals surface area contributed by atoms with Crippen LogP contribution < -0.4 is 10.5 Å². The van der Waals surface area contributed by atoms with Crippen LogP contribution in [-0.2, 0) is 6.61 Å². The van der Waals surface area contributed by atoms with Gasteiger partial charge in [-0.3, -0.25) is 5.10 Å². The van der Waals surface area contributed by atoms with Crippen molar-refractivity contribution in [2.24, 2.45) is 0 Å². The molecule has 1 heterocycles. The van der Waals surface area contributed by atoms with Crippen molar-refractivity contribution >= 4 is 5.82 Å². The van der Waals surface area contributed by atoms with Crippen molar-refractivity contribution in [1.29, 1.82) is 0 Å².